The van der Waals surface area contributed by atoms with Gasteiger partial charge in [-0.3, -0.25) is 4.94 Å². The first-order valence-corrected chi connectivity index (χ1v) is 11.0. The van der Waals surface area contributed by atoms with Crippen molar-refractivity contribution < 1.29 is 49.3 Å². The van der Waals surface area contributed by atoms with Crippen LogP contribution in [0.2, 0.25) is 0 Å². The highest BCUT2D eigenvalue weighted by Gasteiger charge is 2.30. The van der Waals surface area contributed by atoms with E-state index in [0.29, 0.717) is 24.5 Å². The van der Waals surface area contributed by atoms with Crippen LogP contribution in [0.15, 0.2) is 48.5 Å². The lowest BCUT2D eigenvalue weighted by molar-refractivity contribution is -0.137. The second-order valence-electron chi connectivity index (χ2n) is 8.52. The predicted octanol–water partition coefficient (Wildman–Crippen LogP) is 8.84. The Labute approximate surface area is 206 Å². The molecule has 4 rings (SSSR count). The Bertz CT molecular complexity index is 1160. The van der Waals surface area contributed by atoms with Crippen molar-refractivity contribution >= 4 is 0 Å². The third kappa shape index (κ3) is 6.97. The van der Waals surface area contributed by atoms with E-state index in [1.807, 2.05) is 6.92 Å². The topological polar surface area (TPSA) is 18.5 Å². The summed E-state index contributed by atoms with van der Waals surface area (Å²) in [6, 6.07) is 7.02. The minimum absolute atomic E-state index is 0.247. The molecule has 0 radical (unpaired) electrons. The van der Waals surface area contributed by atoms with E-state index in [-0.39, 0.29) is 11.3 Å². The molecule has 2 unspecified atom stereocenters. The maximum atomic E-state index is 14.5. The molecule has 1 aliphatic heterocycles. The van der Waals surface area contributed by atoms with E-state index in [0.717, 1.165) is 55.0 Å². The molecule has 0 bridgehead atoms. The van der Waals surface area contributed by atoms with Gasteiger partial charge in [0.15, 0.2) is 5.75 Å². The number of ether oxygens (including phenoxy) is 1. The zero-order valence-electron chi connectivity index (χ0n) is 19.3. The van der Waals surface area contributed by atoms with E-state index >= 15 is 0 Å². The summed E-state index contributed by atoms with van der Waals surface area (Å²) >= 11 is 0. The highest BCUT2D eigenvalue weighted by molar-refractivity contribution is 5.66. The number of rotatable bonds is 4. The minimum atomic E-state index is -4.39. The molecule has 0 N–H and O–H groups in total. The monoisotopic (exact) mass is 536 g/mol. The summed E-state index contributed by atoms with van der Waals surface area (Å²) in [4.78, 5) is 3.21. The molecule has 0 saturated carbocycles. The molecule has 0 amide bonds. The summed E-state index contributed by atoms with van der Waals surface area (Å²) in [7, 11) is 0. The van der Waals surface area contributed by atoms with Gasteiger partial charge in [0.1, 0.15) is 29.9 Å². The highest BCUT2D eigenvalue weighted by Crippen LogP contribution is 2.35. The van der Waals surface area contributed by atoms with Gasteiger partial charge in [0.25, 0.3) is 0 Å². The largest absolute Gasteiger partial charge is 0.416 e. The maximum absolute atomic E-state index is 14.5. The van der Waals surface area contributed by atoms with Gasteiger partial charge in [0.2, 0.25) is 0 Å². The molecule has 2 nitrogen and oxygen atoms in total. The third-order valence-electron chi connectivity index (χ3n) is 5.77. The molecule has 3 aromatic carbocycles. The number of hydrogen-bond acceptors (Lipinski definition) is 2. The Morgan fingerprint density at radius 2 is 1.43 bits per heavy atom. The van der Waals surface area contributed by atoms with Crippen molar-refractivity contribution in [3.05, 3.63) is 88.5 Å². The van der Waals surface area contributed by atoms with E-state index in [9.17, 15) is 39.6 Å². The second kappa shape index (κ2) is 11.9. The zero-order chi connectivity index (χ0) is 27.3. The van der Waals surface area contributed by atoms with Crippen molar-refractivity contribution in [2.45, 2.75) is 38.7 Å². The fourth-order valence-electron chi connectivity index (χ4n) is 3.77. The molecule has 0 spiro atoms. The summed E-state index contributed by atoms with van der Waals surface area (Å²) < 4.78 is 122. The van der Waals surface area contributed by atoms with E-state index in [4.69, 9.17) is 4.74 Å². The van der Waals surface area contributed by atoms with Crippen LogP contribution in [-0.2, 0) is 17.6 Å². The summed E-state index contributed by atoms with van der Waals surface area (Å²) in [5.41, 5.74) is -2.09. The van der Waals surface area contributed by atoms with E-state index in [1.165, 1.54) is 0 Å². The van der Waals surface area contributed by atoms with Crippen LogP contribution in [0.5, 0.6) is 5.75 Å². The molecule has 1 aliphatic rings. The standard InChI is InChI=1S/C19H17F5O.C7H4F4O/c1-10-2-3-18(25-9-10)11-4-16(23)19(17(24)5-11)12-6-14(21)13(8-20)15(22)7-12;8-7(9,10)5-1-3-6(12-11)4-2-5/h4-7,10,18H,2-3,8-9H2,1H3;1-4H. The first-order chi connectivity index (χ1) is 17.4. The molecule has 2 atom stereocenters. The SMILES string of the molecule is CC1CCC(c2cc(F)c(-c3cc(F)c(CF)c(F)c3)c(F)c2)OC1.FOc1ccc(C(F)(F)F)cc1. The Morgan fingerprint density at radius 1 is 0.865 bits per heavy atom. The first kappa shape index (κ1) is 28.4. The molecule has 0 aromatic heterocycles. The Hall–Kier alpha value is -3.21. The zero-order valence-corrected chi connectivity index (χ0v) is 19.3. The number of halogens is 9. The van der Waals surface area contributed by atoms with Gasteiger partial charge in [-0.15, -0.1) is 0 Å². The van der Waals surface area contributed by atoms with Crippen LogP contribution in [0.25, 0.3) is 11.1 Å². The number of hydrogen-bond donors (Lipinski definition) is 0. The summed E-state index contributed by atoms with van der Waals surface area (Å²) in [5.74, 6) is -4.09. The van der Waals surface area contributed by atoms with Gasteiger partial charge in [0.05, 0.1) is 22.8 Å². The van der Waals surface area contributed by atoms with Crippen molar-refractivity contribution in [3.63, 3.8) is 0 Å². The fourth-order valence-corrected chi connectivity index (χ4v) is 3.77. The molecule has 1 saturated heterocycles. The molecule has 200 valence electrons. The summed E-state index contributed by atoms with van der Waals surface area (Å²) in [6.07, 6.45) is -3.27. The van der Waals surface area contributed by atoms with Gasteiger partial charge in [-0.1, -0.05) is 6.92 Å². The maximum Gasteiger partial charge on any atom is 0.416 e. The number of alkyl halides is 4. The molecular weight excluding hydrogens is 515 g/mol. The second-order valence-corrected chi connectivity index (χ2v) is 8.52. The molecular formula is C26H21F9O2. The van der Waals surface area contributed by atoms with Crippen molar-refractivity contribution in [2.75, 3.05) is 6.61 Å². The third-order valence-corrected chi connectivity index (χ3v) is 5.77. The lowest BCUT2D eigenvalue weighted by atomic mass is 9.93. The van der Waals surface area contributed by atoms with Gasteiger partial charge in [0, 0.05) is 11.1 Å². The minimum Gasteiger partial charge on any atom is -0.373 e. The van der Waals surface area contributed by atoms with Crippen LogP contribution in [-0.4, -0.2) is 6.61 Å². The predicted molar refractivity (Wildman–Crippen MR) is 117 cm³/mol. The Balaban J connectivity index is 0.000000266. The van der Waals surface area contributed by atoms with Gasteiger partial charge in [-0.25, -0.2) is 22.0 Å². The van der Waals surface area contributed by atoms with Crippen LogP contribution in [0, 0.1) is 29.2 Å². The van der Waals surface area contributed by atoms with E-state index in [2.05, 4.69) is 4.94 Å². The van der Waals surface area contributed by atoms with Crippen LogP contribution in [0.3, 0.4) is 0 Å². The smallest absolute Gasteiger partial charge is 0.373 e. The van der Waals surface area contributed by atoms with Crippen LogP contribution in [0.4, 0.5) is 39.6 Å². The first-order valence-electron chi connectivity index (χ1n) is 11.0. The van der Waals surface area contributed by atoms with Crippen LogP contribution >= 0.6 is 0 Å². The quantitative estimate of drug-likeness (QED) is 0.310. The lowest BCUT2D eigenvalue weighted by Crippen LogP contribution is -2.18. The van der Waals surface area contributed by atoms with Crippen molar-refractivity contribution in [1.82, 2.24) is 0 Å². The normalized spacial score (nSPS) is 17.7. The van der Waals surface area contributed by atoms with Crippen LogP contribution in [0.1, 0.15) is 42.6 Å². The van der Waals surface area contributed by atoms with Gasteiger partial charge < -0.3 is 4.74 Å². The fraction of sp³-hybridized carbons (Fsp3) is 0.308. The molecule has 1 fully saturated rings. The lowest BCUT2D eigenvalue weighted by Gasteiger charge is -2.27. The van der Waals surface area contributed by atoms with Gasteiger partial charge in [-0.2, -0.15) is 13.2 Å². The van der Waals surface area contributed by atoms with E-state index < -0.39 is 58.9 Å². The number of benzene rings is 3. The molecule has 37 heavy (non-hydrogen) atoms. The summed E-state index contributed by atoms with van der Waals surface area (Å²) in [5, 5.41) is 0. The van der Waals surface area contributed by atoms with Crippen molar-refractivity contribution in [3.8, 4) is 16.9 Å². The van der Waals surface area contributed by atoms with Crippen LogP contribution < -0.4 is 4.94 Å². The van der Waals surface area contributed by atoms with E-state index in [1.54, 1.807) is 0 Å². The molecule has 1 heterocycles. The highest BCUT2D eigenvalue weighted by atomic mass is 19.4. The summed E-state index contributed by atoms with van der Waals surface area (Å²) in [6.45, 7) is 1.21. The average Bonchev–Trinajstić information content (AvgIpc) is 2.84. The van der Waals surface area contributed by atoms with Crippen molar-refractivity contribution in [1.29, 1.82) is 0 Å². The van der Waals surface area contributed by atoms with Crippen molar-refractivity contribution in [2.24, 2.45) is 5.92 Å². The molecule has 3 aromatic rings. The van der Waals surface area contributed by atoms with Gasteiger partial charge >= 0.3 is 6.18 Å². The average molecular weight is 536 g/mol. The molecule has 0 aliphatic carbocycles. The Kier molecular flexibility index (Phi) is 9.12. The van der Waals surface area contributed by atoms with Gasteiger partial charge in [-0.05, 0) is 78.4 Å². The molecule has 11 heteroatoms. The Morgan fingerprint density at radius 3 is 1.86 bits per heavy atom.